The number of anilines is 1. The van der Waals surface area contributed by atoms with Crippen molar-refractivity contribution in [1.29, 1.82) is 0 Å². The quantitative estimate of drug-likeness (QED) is 0.817. The summed E-state index contributed by atoms with van der Waals surface area (Å²) in [6, 6.07) is 1.12. The number of halogens is 2. The van der Waals surface area contributed by atoms with E-state index >= 15 is 0 Å². The van der Waals surface area contributed by atoms with Gasteiger partial charge in [0.25, 0.3) is 5.92 Å². The number of rotatable bonds is 3. The largest absolute Gasteiger partial charge is 0.362 e. The molecule has 2 N–H and O–H groups in total. The van der Waals surface area contributed by atoms with Gasteiger partial charge in [-0.05, 0) is 18.9 Å². The van der Waals surface area contributed by atoms with E-state index in [0.29, 0.717) is 22.9 Å². The molecule has 0 bridgehead atoms. The average Bonchev–Trinajstić information content (AvgIpc) is 3.34. The molecule has 8 nitrogen and oxygen atoms in total. The smallest absolute Gasteiger partial charge is 0.321 e. The lowest BCUT2D eigenvalue weighted by Gasteiger charge is -2.25. The highest BCUT2D eigenvalue weighted by Gasteiger charge is 2.54. The molecule has 154 valence electrons. The van der Waals surface area contributed by atoms with Gasteiger partial charge in [-0.2, -0.15) is 5.10 Å². The minimum Gasteiger partial charge on any atom is -0.362 e. The molecular formula is C19H22F2N6O2. The Morgan fingerprint density at radius 2 is 1.93 bits per heavy atom. The maximum absolute atomic E-state index is 14.6. The second-order valence-corrected chi connectivity index (χ2v) is 8.86. The molecule has 0 radical (unpaired) electrons. The van der Waals surface area contributed by atoms with Crippen LogP contribution in [0.5, 0.6) is 0 Å². The van der Waals surface area contributed by atoms with Gasteiger partial charge in [-0.3, -0.25) is 10.1 Å². The number of carbonyl (C=O) groups is 2. The summed E-state index contributed by atoms with van der Waals surface area (Å²) in [5.74, 6) is -3.63. The summed E-state index contributed by atoms with van der Waals surface area (Å²) in [7, 11) is 0. The third-order valence-electron chi connectivity index (χ3n) is 6.12. The number of imidazole rings is 1. The van der Waals surface area contributed by atoms with Crippen LogP contribution in [0.2, 0.25) is 0 Å². The van der Waals surface area contributed by atoms with Crippen LogP contribution in [-0.4, -0.2) is 52.1 Å². The average molecular weight is 404 g/mol. The lowest BCUT2D eigenvalue weighted by Crippen LogP contribution is -2.51. The van der Waals surface area contributed by atoms with E-state index in [1.165, 1.54) is 0 Å². The Morgan fingerprint density at radius 3 is 2.55 bits per heavy atom. The molecule has 2 aliphatic heterocycles. The second kappa shape index (κ2) is 5.87. The number of hydrogen-bond donors (Lipinski definition) is 2. The molecule has 2 aromatic heterocycles. The Morgan fingerprint density at radius 1 is 1.17 bits per heavy atom. The lowest BCUT2D eigenvalue weighted by atomic mass is 9.89. The predicted octanol–water partition coefficient (Wildman–Crippen LogP) is 2.01. The number of nitrogens with zero attached hydrogens (tertiary/aromatic N) is 4. The number of alkyl halides is 2. The SMILES string of the molecule is CC1(C)CN(c2cc(C3CNC(=O)NC3=O)nn3cc(C4CC4)nc23)CC1(F)F. The number of aromatic nitrogens is 3. The molecule has 0 spiro atoms. The molecule has 3 fully saturated rings. The maximum atomic E-state index is 14.6. The van der Waals surface area contributed by atoms with E-state index in [2.05, 4.69) is 20.7 Å². The van der Waals surface area contributed by atoms with Crippen LogP contribution in [0.4, 0.5) is 19.3 Å². The van der Waals surface area contributed by atoms with Crippen molar-refractivity contribution in [1.82, 2.24) is 25.2 Å². The molecular weight excluding hydrogens is 382 g/mol. The first-order valence-corrected chi connectivity index (χ1v) is 9.76. The van der Waals surface area contributed by atoms with Crippen molar-refractivity contribution in [3.05, 3.63) is 23.7 Å². The number of imide groups is 1. The predicted molar refractivity (Wildman–Crippen MR) is 100 cm³/mol. The summed E-state index contributed by atoms with van der Waals surface area (Å²) in [4.78, 5) is 30.0. The highest BCUT2D eigenvalue weighted by molar-refractivity contribution is 6.00. The number of nitrogens with one attached hydrogen (secondary N) is 2. The number of hydrogen-bond acceptors (Lipinski definition) is 5. The van der Waals surface area contributed by atoms with Gasteiger partial charge in [0.15, 0.2) is 5.65 Å². The Bertz CT molecular complexity index is 1010. The van der Waals surface area contributed by atoms with Gasteiger partial charge in [0.2, 0.25) is 5.91 Å². The first kappa shape index (κ1) is 18.3. The Kier molecular flexibility index (Phi) is 3.69. The van der Waals surface area contributed by atoms with Crippen molar-refractivity contribution >= 4 is 23.3 Å². The van der Waals surface area contributed by atoms with Gasteiger partial charge in [-0.1, -0.05) is 13.8 Å². The summed E-state index contributed by atoms with van der Waals surface area (Å²) >= 11 is 0. The highest BCUT2D eigenvalue weighted by Crippen LogP contribution is 2.46. The van der Waals surface area contributed by atoms with E-state index in [1.54, 1.807) is 29.3 Å². The van der Waals surface area contributed by atoms with E-state index in [1.807, 2.05) is 6.20 Å². The van der Waals surface area contributed by atoms with Crippen LogP contribution < -0.4 is 15.5 Å². The van der Waals surface area contributed by atoms with E-state index in [0.717, 1.165) is 18.5 Å². The number of amides is 3. The van der Waals surface area contributed by atoms with E-state index in [-0.39, 0.29) is 13.1 Å². The Hall–Kier alpha value is -2.78. The van der Waals surface area contributed by atoms with Gasteiger partial charge in [-0.25, -0.2) is 23.1 Å². The van der Waals surface area contributed by atoms with Crippen molar-refractivity contribution in [3.63, 3.8) is 0 Å². The van der Waals surface area contributed by atoms with Crippen molar-refractivity contribution in [3.8, 4) is 0 Å². The molecule has 1 atom stereocenters. The Labute approximate surface area is 165 Å². The standard InChI is InChI=1S/C19H22F2N6O2/c1-18(2)8-26(9-19(18,20)21)14-5-12(11-6-22-17(29)24-16(11)28)25-27-7-13(10-3-4-10)23-15(14)27/h5,7,10-11H,3-4,6,8-9H2,1-2H3,(H2,22,24,28,29). The zero-order valence-electron chi connectivity index (χ0n) is 16.2. The molecule has 0 aromatic carbocycles. The molecule has 1 aliphatic carbocycles. The molecule has 2 saturated heterocycles. The van der Waals surface area contributed by atoms with E-state index in [4.69, 9.17) is 0 Å². The van der Waals surface area contributed by atoms with Crippen LogP contribution in [0.1, 0.15) is 49.9 Å². The van der Waals surface area contributed by atoms with Gasteiger partial charge in [0.05, 0.1) is 35.7 Å². The van der Waals surface area contributed by atoms with Gasteiger partial charge in [0.1, 0.15) is 0 Å². The summed E-state index contributed by atoms with van der Waals surface area (Å²) in [6.07, 6.45) is 3.93. The second-order valence-electron chi connectivity index (χ2n) is 8.86. The van der Waals surface area contributed by atoms with Crippen molar-refractivity contribution in [2.75, 3.05) is 24.5 Å². The summed E-state index contributed by atoms with van der Waals surface area (Å²) in [5.41, 5.74) is 1.18. The van der Waals surface area contributed by atoms with Gasteiger partial charge < -0.3 is 10.2 Å². The maximum Gasteiger partial charge on any atom is 0.321 e. The highest BCUT2D eigenvalue weighted by atomic mass is 19.3. The minimum absolute atomic E-state index is 0.106. The molecule has 1 saturated carbocycles. The molecule has 3 aliphatic rings. The van der Waals surface area contributed by atoms with Gasteiger partial charge in [0, 0.05) is 24.4 Å². The number of urea groups is 1. The summed E-state index contributed by atoms with van der Waals surface area (Å²) < 4.78 is 30.7. The minimum atomic E-state index is -2.85. The van der Waals surface area contributed by atoms with Crippen molar-refractivity contribution in [2.24, 2.45) is 5.41 Å². The Balaban J connectivity index is 1.61. The summed E-state index contributed by atoms with van der Waals surface area (Å²) in [5, 5.41) is 9.36. The first-order valence-electron chi connectivity index (χ1n) is 9.76. The van der Waals surface area contributed by atoms with Crippen LogP contribution >= 0.6 is 0 Å². The zero-order valence-corrected chi connectivity index (χ0v) is 16.2. The van der Waals surface area contributed by atoms with Gasteiger partial charge >= 0.3 is 6.03 Å². The molecule has 4 heterocycles. The number of carbonyl (C=O) groups excluding carboxylic acids is 2. The van der Waals surface area contributed by atoms with Crippen LogP contribution in [0.3, 0.4) is 0 Å². The monoisotopic (exact) mass is 404 g/mol. The van der Waals surface area contributed by atoms with Crippen molar-refractivity contribution < 1.29 is 18.4 Å². The van der Waals surface area contributed by atoms with Crippen LogP contribution in [0.15, 0.2) is 12.3 Å². The fraction of sp³-hybridized carbons (Fsp3) is 0.579. The van der Waals surface area contributed by atoms with E-state index < -0.39 is 35.7 Å². The number of fused-ring (bicyclic) bond motifs is 1. The molecule has 10 heteroatoms. The topological polar surface area (TPSA) is 91.6 Å². The van der Waals surface area contributed by atoms with Crippen LogP contribution in [0, 0.1) is 5.41 Å². The molecule has 1 unspecified atom stereocenters. The zero-order chi connectivity index (χ0) is 20.6. The van der Waals surface area contributed by atoms with Crippen LogP contribution in [-0.2, 0) is 4.79 Å². The molecule has 29 heavy (non-hydrogen) atoms. The third-order valence-corrected chi connectivity index (χ3v) is 6.12. The fourth-order valence-corrected chi connectivity index (χ4v) is 4.02. The summed E-state index contributed by atoms with van der Waals surface area (Å²) in [6.45, 7) is 2.96. The fourth-order valence-electron chi connectivity index (χ4n) is 4.02. The van der Waals surface area contributed by atoms with Crippen molar-refractivity contribution in [2.45, 2.75) is 44.4 Å². The molecule has 5 rings (SSSR count). The molecule has 3 amide bonds. The third kappa shape index (κ3) is 2.92. The normalized spacial score (nSPS) is 25.9. The van der Waals surface area contributed by atoms with E-state index in [9.17, 15) is 18.4 Å². The first-order chi connectivity index (χ1) is 13.6. The lowest BCUT2D eigenvalue weighted by molar-refractivity contribution is -0.122. The van der Waals surface area contributed by atoms with Crippen LogP contribution in [0.25, 0.3) is 5.65 Å². The van der Waals surface area contributed by atoms with Gasteiger partial charge in [-0.15, -0.1) is 0 Å². The molecule has 2 aromatic rings.